The van der Waals surface area contributed by atoms with Crippen molar-refractivity contribution in [1.82, 2.24) is 0 Å². The van der Waals surface area contributed by atoms with Gasteiger partial charge < -0.3 is 0 Å². The Hall–Kier alpha value is -1.48. The van der Waals surface area contributed by atoms with Crippen molar-refractivity contribution < 1.29 is 9.18 Å². The second-order valence-corrected chi connectivity index (χ2v) is 4.96. The van der Waals surface area contributed by atoms with Gasteiger partial charge in [-0.05, 0) is 29.3 Å². The van der Waals surface area contributed by atoms with Crippen molar-refractivity contribution in [2.45, 2.75) is 12.8 Å². The van der Waals surface area contributed by atoms with E-state index >= 15 is 0 Å². The predicted molar refractivity (Wildman–Crippen MR) is 73.0 cm³/mol. The SMILES string of the molecule is O=C(Cc1ccc(F)cc1)Cc1ccccc1Br. The fourth-order valence-electron chi connectivity index (χ4n) is 1.75. The summed E-state index contributed by atoms with van der Waals surface area (Å²) in [5.74, 6) is -0.162. The number of carbonyl (C=O) groups is 1. The molecule has 1 nitrogen and oxygen atoms in total. The van der Waals surface area contributed by atoms with Gasteiger partial charge in [-0.1, -0.05) is 46.3 Å². The van der Waals surface area contributed by atoms with Gasteiger partial charge in [0.15, 0.2) is 0 Å². The van der Waals surface area contributed by atoms with Gasteiger partial charge in [0.2, 0.25) is 0 Å². The molecular weight excluding hydrogens is 295 g/mol. The average Bonchev–Trinajstić information content (AvgIpc) is 2.35. The summed E-state index contributed by atoms with van der Waals surface area (Å²) >= 11 is 3.42. The summed E-state index contributed by atoms with van der Waals surface area (Å²) in [6.07, 6.45) is 0.723. The quantitative estimate of drug-likeness (QED) is 0.836. The van der Waals surface area contributed by atoms with Gasteiger partial charge in [-0.15, -0.1) is 0 Å². The number of ketones is 1. The van der Waals surface area contributed by atoms with E-state index in [1.54, 1.807) is 12.1 Å². The third-order valence-electron chi connectivity index (χ3n) is 2.66. The second kappa shape index (κ2) is 5.91. The van der Waals surface area contributed by atoms with Crippen molar-refractivity contribution in [3.05, 3.63) is 69.9 Å². The summed E-state index contributed by atoms with van der Waals surface area (Å²) in [5.41, 5.74) is 1.82. The Balaban J connectivity index is 2.01. The Morgan fingerprint density at radius 1 is 1.00 bits per heavy atom. The zero-order valence-corrected chi connectivity index (χ0v) is 11.3. The number of benzene rings is 2. The molecule has 92 valence electrons. The van der Waals surface area contributed by atoms with Gasteiger partial charge in [0.05, 0.1) is 0 Å². The molecular formula is C15H12BrFO. The number of Topliss-reactive ketones (excluding diaryl/α,β-unsaturated/α-hetero) is 1. The van der Waals surface area contributed by atoms with Crippen LogP contribution in [0.1, 0.15) is 11.1 Å². The zero-order chi connectivity index (χ0) is 13.0. The molecule has 0 spiro atoms. The first-order chi connectivity index (χ1) is 8.65. The molecule has 2 aromatic rings. The lowest BCUT2D eigenvalue weighted by molar-refractivity contribution is -0.117. The lowest BCUT2D eigenvalue weighted by Crippen LogP contribution is -2.07. The Bertz CT molecular complexity index is 549. The molecule has 0 saturated heterocycles. The van der Waals surface area contributed by atoms with Crippen molar-refractivity contribution in [1.29, 1.82) is 0 Å². The Kier molecular flexibility index (Phi) is 4.26. The number of hydrogen-bond donors (Lipinski definition) is 0. The van der Waals surface area contributed by atoms with Crippen LogP contribution in [0.5, 0.6) is 0 Å². The van der Waals surface area contributed by atoms with Gasteiger partial charge in [-0.25, -0.2) is 4.39 Å². The molecule has 0 aromatic heterocycles. The van der Waals surface area contributed by atoms with Gasteiger partial charge in [0, 0.05) is 17.3 Å². The highest BCUT2D eigenvalue weighted by molar-refractivity contribution is 9.10. The van der Waals surface area contributed by atoms with Crippen molar-refractivity contribution >= 4 is 21.7 Å². The van der Waals surface area contributed by atoms with Gasteiger partial charge >= 0.3 is 0 Å². The summed E-state index contributed by atoms with van der Waals surface area (Å²) in [5, 5.41) is 0. The van der Waals surface area contributed by atoms with Gasteiger partial charge in [0.1, 0.15) is 11.6 Å². The number of rotatable bonds is 4. The molecule has 0 bridgehead atoms. The van der Waals surface area contributed by atoms with E-state index in [0.29, 0.717) is 12.8 Å². The van der Waals surface area contributed by atoms with Gasteiger partial charge in [-0.2, -0.15) is 0 Å². The van der Waals surface area contributed by atoms with Gasteiger partial charge in [0.25, 0.3) is 0 Å². The molecule has 0 aliphatic rings. The summed E-state index contributed by atoms with van der Waals surface area (Å²) in [6.45, 7) is 0. The minimum atomic E-state index is -0.281. The van der Waals surface area contributed by atoms with Crippen molar-refractivity contribution in [3.63, 3.8) is 0 Å². The van der Waals surface area contributed by atoms with E-state index < -0.39 is 0 Å². The first-order valence-electron chi connectivity index (χ1n) is 5.65. The maximum atomic E-state index is 12.7. The van der Waals surface area contributed by atoms with E-state index in [1.165, 1.54) is 12.1 Å². The minimum absolute atomic E-state index is 0.119. The third kappa shape index (κ3) is 3.50. The second-order valence-electron chi connectivity index (χ2n) is 4.11. The monoisotopic (exact) mass is 306 g/mol. The van der Waals surface area contributed by atoms with Crippen LogP contribution < -0.4 is 0 Å². The van der Waals surface area contributed by atoms with Crippen LogP contribution in [-0.2, 0) is 17.6 Å². The Morgan fingerprint density at radius 3 is 2.33 bits per heavy atom. The zero-order valence-electron chi connectivity index (χ0n) is 9.70. The highest BCUT2D eigenvalue weighted by Gasteiger charge is 2.07. The molecule has 0 atom stereocenters. The highest BCUT2D eigenvalue weighted by atomic mass is 79.9. The molecule has 0 radical (unpaired) electrons. The van der Waals surface area contributed by atoms with Crippen LogP contribution in [-0.4, -0.2) is 5.78 Å². The molecule has 3 heteroatoms. The van der Waals surface area contributed by atoms with Crippen LogP contribution in [0.4, 0.5) is 4.39 Å². The molecule has 2 rings (SSSR count). The summed E-state index contributed by atoms with van der Waals surface area (Å²) < 4.78 is 13.7. The van der Waals surface area contributed by atoms with Crippen LogP contribution in [0.25, 0.3) is 0 Å². The number of halogens is 2. The fourth-order valence-corrected chi connectivity index (χ4v) is 2.17. The molecule has 0 aliphatic heterocycles. The molecule has 0 unspecified atom stereocenters. The standard InChI is InChI=1S/C15H12BrFO/c16-15-4-2-1-3-12(15)10-14(18)9-11-5-7-13(17)8-6-11/h1-8H,9-10H2. The number of hydrogen-bond acceptors (Lipinski definition) is 1. The summed E-state index contributed by atoms with van der Waals surface area (Å²) in [6, 6.07) is 13.7. The van der Waals surface area contributed by atoms with E-state index in [9.17, 15) is 9.18 Å². The topological polar surface area (TPSA) is 17.1 Å². The molecule has 0 N–H and O–H groups in total. The minimum Gasteiger partial charge on any atom is -0.299 e. The lowest BCUT2D eigenvalue weighted by atomic mass is 10.0. The first kappa shape index (κ1) is 13.0. The van der Waals surface area contributed by atoms with E-state index in [2.05, 4.69) is 15.9 Å². The highest BCUT2D eigenvalue weighted by Crippen LogP contribution is 2.17. The van der Waals surface area contributed by atoms with E-state index in [0.717, 1.165) is 15.6 Å². The Morgan fingerprint density at radius 2 is 1.67 bits per heavy atom. The van der Waals surface area contributed by atoms with Crippen molar-refractivity contribution in [2.24, 2.45) is 0 Å². The van der Waals surface area contributed by atoms with Crippen molar-refractivity contribution in [2.75, 3.05) is 0 Å². The maximum absolute atomic E-state index is 12.7. The summed E-state index contributed by atoms with van der Waals surface area (Å²) in [4.78, 5) is 11.9. The molecule has 0 amide bonds. The lowest BCUT2D eigenvalue weighted by Gasteiger charge is -2.04. The van der Waals surface area contributed by atoms with E-state index in [-0.39, 0.29) is 11.6 Å². The van der Waals surface area contributed by atoms with Crippen LogP contribution in [0, 0.1) is 5.82 Å². The van der Waals surface area contributed by atoms with Gasteiger partial charge in [-0.3, -0.25) is 4.79 Å². The normalized spacial score (nSPS) is 10.3. The molecule has 0 aliphatic carbocycles. The van der Waals surface area contributed by atoms with E-state index in [4.69, 9.17) is 0 Å². The molecule has 0 saturated carbocycles. The van der Waals surface area contributed by atoms with Crippen LogP contribution in [0.15, 0.2) is 53.0 Å². The van der Waals surface area contributed by atoms with Crippen LogP contribution in [0.3, 0.4) is 0 Å². The van der Waals surface area contributed by atoms with Crippen LogP contribution >= 0.6 is 15.9 Å². The maximum Gasteiger partial charge on any atom is 0.141 e. The molecule has 0 fully saturated rings. The van der Waals surface area contributed by atoms with Crippen molar-refractivity contribution in [3.8, 4) is 0 Å². The molecule has 18 heavy (non-hydrogen) atoms. The largest absolute Gasteiger partial charge is 0.299 e. The van der Waals surface area contributed by atoms with Crippen LogP contribution in [0.2, 0.25) is 0 Å². The smallest absolute Gasteiger partial charge is 0.141 e. The first-order valence-corrected chi connectivity index (χ1v) is 6.44. The molecule has 2 aromatic carbocycles. The summed E-state index contributed by atoms with van der Waals surface area (Å²) in [7, 11) is 0. The predicted octanol–water partition coefficient (Wildman–Crippen LogP) is 3.94. The average molecular weight is 307 g/mol. The Labute approximate surface area is 114 Å². The van der Waals surface area contributed by atoms with E-state index in [1.807, 2.05) is 24.3 Å². The molecule has 0 heterocycles. The fraction of sp³-hybridized carbons (Fsp3) is 0.133. The third-order valence-corrected chi connectivity index (χ3v) is 3.43. The number of carbonyl (C=O) groups excluding carboxylic acids is 1.